The van der Waals surface area contributed by atoms with E-state index in [1.165, 1.54) is 0 Å². The molecule has 1 heterocycles. The van der Waals surface area contributed by atoms with Crippen LogP contribution in [-0.4, -0.2) is 17.9 Å². The Hall–Kier alpha value is -0.0800. The molecule has 2 atom stereocenters. The van der Waals surface area contributed by atoms with Crippen molar-refractivity contribution in [1.82, 2.24) is 5.32 Å². The van der Waals surface area contributed by atoms with Crippen LogP contribution < -0.4 is 5.32 Å². The van der Waals surface area contributed by atoms with Crippen LogP contribution in [0.15, 0.2) is 0 Å². The Kier molecular flexibility index (Phi) is 1.86. The summed E-state index contributed by atoms with van der Waals surface area (Å²) in [5.41, 5.74) is 0. The molecule has 1 saturated heterocycles. The second kappa shape index (κ2) is 2.46. The zero-order chi connectivity index (χ0) is 5.98. The van der Waals surface area contributed by atoms with Crippen molar-refractivity contribution >= 4 is 0 Å². The SMILES string of the molecule is CC1CCC(O)NC1. The van der Waals surface area contributed by atoms with Gasteiger partial charge < -0.3 is 5.11 Å². The van der Waals surface area contributed by atoms with Gasteiger partial charge in [-0.3, -0.25) is 5.32 Å². The maximum absolute atomic E-state index is 8.92. The molecule has 8 heavy (non-hydrogen) atoms. The predicted octanol–water partition coefficient (Wildman–Crippen LogP) is 0.324. The first kappa shape index (κ1) is 6.05. The lowest BCUT2D eigenvalue weighted by atomic mass is 10.0. The molecule has 0 radical (unpaired) electrons. The third kappa shape index (κ3) is 1.46. The van der Waals surface area contributed by atoms with E-state index in [0.29, 0.717) is 0 Å². The normalized spacial score (nSPS) is 39.8. The van der Waals surface area contributed by atoms with Crippen molar-refractivity contribution < 1.29 is 5.11 Å². The third-order valence-electron chi connectivity index (χ3n) is 1.63. The number of hydrogen-bond acceptors (Lipinski definition) is 2. The molecule has 2 unspecified atom stereocenters. The van der Waals surface area contributed by atoms with E-state index in [4.69, 9.17) is 5.11 Å². The van der Waals surface area contributed by atoms with Crippen LogP contribution >= 0.6 is 0 Å². The Balaban J connectivity index is 2.19. The number of piperidine rings is 1. The number of rotatable bonds is 0. The lowest BCUT2D eigenvalue weighted by Crippen LogP contribution is -2.37. The highest BCUT2D eigenvalue weighted by Crippen LogP contribution is 2.10. The van der Waals surface area contributed by atoms with E-state index < -0.39 is 0 Å². The second-order valence-corrected chi connectivity index (χ2v) is 2.61. The highest BCUT2D eigenvalue weighted by atomic mass is 16.3. The van der Waals surface area contributed by atoms with Gasteiger partial charge in [0.1, 0.15) is 6.23 Å². The minimum absolute atomic E-state index is 0.230. The van der Waals surface area contributed by atoms with Crippen LogP contribution in [-0.2, 0) is 0 Å². The maximum Gasteiger partial charge on any atom is 0.104 e. The number of hydrogen-bond donors (Lipinski definition) is 2. The van der Waals surface area contributed by atoms with Gasteiger partial charge in [-0.1, -0.05) is 6.92 Å². The lowest BCUT2D eigenvalue weighted by Gasteiger charge is -2.23. The molecule has 0 amide bonds. The van der Waals surface area contributed by atoms with Crippen LogP contribution in [0.4, 0.5) is 0 Å². The van der Waals surface area contributed by atoms with Crippen molar-refractivity contribution in [1.29, 1.82) is 0 Å². The Morgan fingerprint density at radius 1 is 1.50 bits per heavy atom. The Labute approximate surface area is 49.9 Å². The second-order valence-electron chi connectivity index (χ2n) is 2.61. The zero-order valence-electron chi connectivity index (χ0n) is 5.22. The highest BCUT2D eigenvalue weighted by Gasteiger charge is 2.13. The summed E-state index contributed by atoms with van der Waals surface area (Å²) in [4.78, 5) is 0. The van der Waals surface area contributed by atoms with Crippen molar-refractivity contribution in [3.05, 3.63) is 0 Å². The summed E-state index contributed by atoms with van der Waals surface area (Å²) in [6.45, 7) is 3.17. The molecule has 0 aromatic heterocycles. The van der Waals surface area contributed by atoms with Gasteiger partial charge in [-0.2, -0.15) is 0 Å². The van der Waals surface area contributed by atoms with E-state index in [2.05, 4.69) is 12.2 Å². The first-order chi connectivity index (χ1) is 3.79. The zero-order valence-corrected chi connectivity index (χ0v) is 5.22. The molecule has 1 rings (SSSR count). The van der Waals surface area contributed by atoms with Crippen LogP contribution in [0.5, 0.6) is 0 Å². The average Bonchev–Trinajstić information content (AvgIpc) is 1.77. The third-order valence-corrected chi connectivity index (χ3v) is 1.63. The van der Waals surface area contributed by atoms with Gasteiger partial charge in [0, 0.05) is 6.54 Å². The molecular weight excluding hydrogens is 102 g/mol. The van der Waals surface area contributed by atoms with Crippen molar-refractivity contribution in [2.24, 2.45) is 5.92 Å². The van der Waals surface area contributed by atoms with E-state index in [1.807, 2.05) is 0 Å². The van der Waals surface area contributed by atoms with Crippen molar-refractivity contribution in [3.8, 4) is 0 Å². The summed E-state index contributed by atoms with van der Waals surface area (Å²) < 4.78 is 0. The Morgan fingerprint density at radius 2 is 2.25 bits per heavy atom. The maximum atomic E-state index is 8.92. The molecule has 2 nitrogen and oxygen atoms in total. The fourth-order valence-corrected chi connectivity index (χ4v) is 0.984. The molecular formula is C6H13NO. The summed E-state index contributed by atoms with van der Waals surface area (Å²) >= 11 is 0. The molecule has 0 bridgehead atoms. The van der Waals surface area contributed by atoms with Crippen LogP contribution in [0.1, 0.15) is 19.8 Å². The van der Waals surface area contributed by atoms with Gasteiger partial charge >= 0.3 is 0 Å². The van der Waals surface area contributed by atoms with Gasteiger partial charge in [0.2, 0.25) is 0 Å². The average molecular weight is 115 g/mol. The smallest absolute Gasteiger partial charge is 0.104 e. The van der Waals surface area contributed by atoms with E-state index in [0.717, 1.165) is 25.3 Å². The largest absolute Gasteiger partial charge is 0.379 e. The van der Waals surface area contributed by atoms with Crippen LogP contribution in [0.25, 0.3) is 0 Å². The van der Waals surface area contributed by atoms with Gasteiger partial charge in [0.05, 0.1) is 0 Å². The molecule has 0 aromatic rings. The van der Waals surface area contributed by atoms with Crippen LogP contribution in [0, 0.1) is 5.92 Å². The summed E-state index contributed by atoms with van der Waals surface area (Å²) in [7, 11) is 0. The van der Waals surface area contributed by atoms with Gasteiger partial charge in [0.25, 0.3) is 0 Å². The van der Waals surface area contributed by atoms with Gasteiger partial charge in [-0.15, -0.1) is 0 Å². The summed E-state index contributed by atoms with van der Waals surface area (Å²) in [5, 5.41) is 11.9. The summed E-state index contributed by atoms with van der Waals surface area (Å²) in [5.74, 6) is 0.749. The van der Waals surface area contributed by atoms with E-state index in [1.54, 1.807) is 0 Å². The molecule has 0 spiro atoms. The summed E-state index contributed by atoms with van der Waals surface area (Å²) in [6, 6.07) is 0. The van der Waals surface area contributed by atoms with Gasteiger partial charge in [-0.05, 0) is 18.8 Å². The standard InChI is InChI=1S/C6H13NO/c1-5-2-3-6(8)7-4-5/h5-8H,2-4H2,1H3. The monoisotopic (exact) mass is 115 g/mol. The van der Waals surface area contributed by atoms with Crippen molar-refractivity contribution in [2.75, 3.05) is 6.54 Å². The van der Waals surface area contributed by atoms with E-state index in [-0.39, 0.29) is 6.23 Å². The van der Waals surface area contributed by atoms with E-state index in [9.17, 15) is 0 Å². The van der Waals surface area contributed by atoms with Gasteiger partial charge in [0.15, 0.2) is 0 Å². The molecule has 1 aliphatic rings. The lowest BCUT2D eigenvalue weighted by molar-refractivity contribution is 0.0919. The Bertz CT molecular complexity index is 56.9. The van der Waals surface area contributed by atoms with Crippen LogP contribution in [0.2, 0.25) is 0 Å². The topological polar surface area (TPSA) is 32.3 Å². The molecule has 0 aliphatic carbocycles. The minimum Gasteiger partial charge on any atom is -0.379 e. The number of aliphatic hydroxyl groups is 1. The molecule has 1 fully saturated rings. The van der Waals surface area contributed by atoms with Crippen molar-refractivity contribution in [2.45, 2.75) is 26.0 Å². The molecule has 1 aliphatic heterocycles. The highest BCUT2D eigenvalue weighted by molar-refractivity contribution is 4.67. The van der Waals surface area contributed by atoms with Crippen molar-refractivity contribution in [3.63, 3.8) is 0 Å². The first-order valence-electron chi connectivity index (χ1n) is 3.20. The summed E-state index contributed by atoms with van der Waals surface area (Å²) in [6.07, 6.45) is 1.85. The quantitative estimate of drug-likeness (QED) is 0.476. The van der Waals surface area contributed by atoms with Gasteiger partial charge in [-0.25, -0.2) is 0 Å². The fourth-order valence-electron chi connectivity index (χ4n) is 0.984. The fraction of sp³-hybridized carbons (Fsp3) is 1.00. The molecule has 0 saturated carbocycles. The molecule has 0 aromatic carbocycles. The van der Waals surface area contributed by atoms with E-state index >= 15 is 0 Å². The minimum atomic E-state index is -0.230. The molecule has 2 heteroatoms. The molecule has 48 valence electrons. The predicted molar refractivity (Wildman–Crippen MR) is 32.4 cm³/mol. The number of nitrogens with one attached hydrogen (secondary N) is 1. The number of aliphatic hydroxyl groups excluding tert-OH is 1. The Morgan fingerprint density at radius 3 is 2.62 bits per heavy atom. The first-order valence-corrected chi connectivity index (χ1v) is 3.20. The van der Waals surface area contributed by atoms with Crippen LogP contribution in [0.3, 0.4) is 0 Å². The molecule has 2 N–H and O–H groups in total.